The topological polar surface area (TPSA) is 41.6 Å². The van der Waals surface area contributed by atoms with Crippen LogP contribution < -0.4 is 5.32 Å². The van der Waals surface area contributed by atoms with Crippen molar-refractivity contribution in [3.8, 4) is 0 Å². The Morgan fingerprint density at radius 2 is 2.06 bits per heavy atom. The molecular formula is C13H26N2O2. The molecule has 0 aromatic heterocycles. The molecule has 0 aliphatic carbocycles. The highest BCUT2D eigenvalue weighted by Crippen LogP contribution is 2.24. The summed E-state index contributed by atoms with van der Waals surface area (Å²) in [6.07, 6.45) is 3.23. The van der Waals surface area contributed by atoms with Gasteiger partial charge in [0.2, 0.25) is 0 Å². The van der Waals surface area contributed by atoms with Crippen molar-refractivity contribution in [2.75, 3.05) is 33.3 Å². The van der Waals surface area contributed by atoms with Gasteiger partial charge in [0.15, 0.2) is 0 Å². The number of hydrogen-bond acceptors (Lipinski definition) is 3. The fourth-order valence-electron chi connectivity index (χ4n) is 2.37. The van der Waals surface area contributed by atoms with Gasteiger partial charge in [-0.2, -0.15) is 0 Å². The Morgan fingerprint density at radius 1 is 1.41 bits per heavy atom. The summed E-state index contributed by atoms with van der Waals surface area (Å²) in [5, 5.41) is 2.45. The van der Waals surface area contributed by atoms with Gasteiger partial charge in [-0.1, -0.05) is 13.8 Å². The summed E-state index contributed by atoms with van der Waals surface area (Å²) in [6, 6.07) is 0. The van der Waals surface area contributed by atoms with Crippen molar-refractivity contribution in [3.63, 3.8) is 0 Å². The van der Waals surface area contributed by atoms with Gasteiger partial charge in [0.05, 0.1) is 6.61 Å². The number of nitrogens with zero attached hydrogens (tertiary/aromatic N) is 1. The third-order valence-electron chi connectivity index (χ3n) is 3.63. The minimum absolute atomic E-state index is 0.330. The van der Waals surface area contributed by atoms with E-state index in [1.165, 1.54) is 25.9 Å². The first-order valence-electron chi connectivity index (χ1n) is 6.70. The maximum absolute atomic E-state index is 10.8. The largest absolute Gasteiger partial charge is 0.450 e. The molecule has 0 unspecified atom stereocenters. The second-order valence-corrected chi connectivity index (χ2v) is 5.16. The first-order chi connectivity index (χ1) is 8.13. The van der Waals surface area contributed by atoms with Gasteiger partial charge in [-0.25, -0.2) is 4.79 Å². The molecule has 0 spiro atoms. The van der Waals surface area contributed by atoms with Gasteiger partial charge in [0, 0.05) is 13.6 Å². The number of hydrogen-bond donors (Lipinski definition) is 1. The summed E-state index contributed by atoms with van der Waals surface area (Å²) in [7, 11) is 1.58. The Morgan fingerprint density at radius 3 is 2.59 bits per heavy atom. The molecule has 1 N–H and O–H groups in total. The highest BCUT2D eigenvalue weighted by molar-refractivity contribution is 5.66. The molecule has 1 heterocycles. The van der Waals surface area contributed by atoms with E-state index in [0.29, 0.717) is 6.61 Å². The predicted octanol–water partition coefficient (Wildman–Crippen LogP) is 2.10. The Kier molecular flexibility index (Phi) is 6.34. The maximum atomic E-state index is 10.8. The van der Waals surface area contributed by atoms with Crippen LogP contribution in [0.1, 0.15) is 33.1 Å². The van der Waals surface area contributed by atoms with E-state index in [-0.39, 0.29) is 6.09 Å². The molecular weight excluding hydrogens is 216 g/mol. The van der Waals surface area contributed by atoms with E-state index < -0.39 is 0 Å². The molecule has 1 fully saturated rings. The molecule has 1 aliphatic rings. The van der Waals surface area contributed by atoms with Crippen molar-refractivity contribution in [1.29, 1.82) is 0 Å². The van der Waals surface area contributed by atoms with Crippen LogP contribution in [0, 0.1) is 11.8 Å². The summed E-state index contributed by atoms with van der Waals surface area (Å²) < 4.78 is 4.96. The van der Waals surface area contributed by atoms with Crippen LogP contribution in [0.5, 0.6) is 0 Å². The lowest BCUT2D eigenvalue weighted by Crippen LogP contribution is -2.36. The molecule has 4 heteroatoms. The first kappa shape index (κ1) is 14.3. The van der Waals surface area contributed by atoms with E-state index in [9.17, 15) is 4.79 Å². The number of carbonyl (C=O) groups is 1. The molecule has 4 nitrogen and oxygen atoms in total. The zero-order valence-corrected chi connectivity index (χ0v) is 11.4. The lowest BCUT2D eigenvalue weighted by Gasteiger charge is -2.33. The summed E-state index contributed by atoms with van der Waals surface area (Å²) in [6.45, 7) is 8.59. The van der Waals surface area contributed by atoms with E-state index in [1.807, 2.05) is 0 Å². The fourth-order valence-corrected chi connectivity index (χ4v) is 2.37. The monoisotopic (exact) mass is 242 g/mol. The number of ether oxygens (including phenoxy) is 1. The van der Waals surface area contributed by atoms with Gasteiger partial charge in [-0.3, -0.25) is 0 Å². The van der Waals surface area contributed by atoms with E-state index >= 15 is 0 Å². The van der Waals surface area contributed by atoms with Gasteiger partial charge in [-0.15, -0.1) is 0 Å². The third kappa shape index (κ3) is 5.39. The average molecular weight is 242 g/mol. The molecule has 1 aliphatic heterocycles. The zero-order valence-electron chi connectivity index (χ0n) is 11.4. The molecule has 1 saturated heterocycles. The van der Waals surface area contributed by atoms with Crippen LogP contribution in [0.4, 0.5) is 4.79 Å². The molecule has 0 radical (unpaired) electrons. The molecule has 17 heavy (non-hydrogen) atoms. The van der Waals surface area contributed by atoms with Gasteiger partial charge in [0.1, 0.15) is 0 Å². The van der Waals surface area contributed by atoms with Crippen molar-refractivity contribution in [2.24, 2.45) is 11.8 Å². The van der Waals surface area contributed by atoms with Crippen LogP contribution >= 0.6 is 0 Å². The smallest absolute Gasteiger partial charge is 0.406 e. The predicted molar refractivity (Wildman–Crippen MR) is 69.0 cm³/mol. The Bertz CT molecular complexity index is 223. The Labute approximate surface area is 105 Å². The molecule has 100 valence electrons. The van der Waals surface area contributed by atoms with Gasteiger partial charge in [0.25, 0.3) is 0 Å². The number of rotatable bonds is 5. The van der Waals surface area contributed by atoms with Crippen LogP contribution in [-0.2, 0) is 4.74 Å². The Balaban J connectivity index is 2.04. The molecule has 0 bridgehead atoms. The van der Waals surface area contributed by atoms with Crippen LogP contribution in [0.2, 0.25) is 0 Å². The van der Waals surface area contributed by atoms with Crippen molar-refractivity contribution in [1.82, 2.24) is 10.2 Å². The minimum atomic E-state index is -0.330. The highest BCUT2D eigenvalue weighted by Gasteiger charge is 2.20. The number of likely N-dealkylation sites (tertiary alicyclic amines) is 1. The number of nitrogens with one attached hydrogen (secondary N) is 1. The summed E-state index contributed by atoms with van der Waals surface area (Å²) in [5.41, 5.74) is 0. The second-order valence-electron chi connectivity index (χ2n) is 5.16. The van der Waals surface area contributed by atoms with Crippen molar-refractivity contribution in [3.05, 3.63) is 0 Å². The standard InChI is InChI=1S/C13H26N2O2/c1-11(2)12-5-8-15(9-6-12)7-4-10-17-13(16)14-3/h11-12H,4-10H2,1-3H3,(H,14,16). The van der Waals surface area contributed by atoms with Crippen molar-refractivity contribution in [2.45, 2.75) is 33.1 Å². The average Bonchev–Trinajstić information content (AvgIpc) is 2.34. The maximum Gasteiger partial charge on any atom is 0.406 e. The molecule has 1 amide bonds. The number of carbonyl (C=O) groups excluding carboxylic acids is 1. The fraction of sp³-hybridized carbons (Fsp3) is 0.923. The van der Waals surface area contributed by atoms with Gasteiger partial charge >= 0.3 is 6.09 Å². The van der Waals surface area contributed by atoms with E-state index in [2.05, 4.69) is 24.1 Å². The summed E-state index contributed by atoms with van der Waals surface area (Å²) in [4.78, 5) is 13.3. The Hall–Kier alpha value is -0.770. The molecule has 0 saturated carbocycles. The minimum Gasteiger partial charge on any atom is -0.450 e. The second kappa shape index (κ2) is 7.54. The third-order valence-corrected chi connectivity index (χ3v) is 3.63. The first-order valence-corrected chi connectivity index (χ1v) is 6.70. The molecule has 1 rings (SSSR count). The normalized spacial score (nSPS) is 18.4. The van der Waals surface area contributed by atoms with Gasteiger partial charge < -0.3 is 15.0 Å². The number of piperidine rings is 1. The van der Waals surface area contributed by atoms with Crippen molar-refractivity contribution >= 4 is 6.09 Å². The molecule has 0 aromatic rings. The summed E-state index contributed by atoms with van der Waals surface area (Å²) >= 11 is 0. The van der Waals surface area contributed by atoms with Crippen molar-refractivity contribution < 1.29 is 9.53 Å². The highest BCUT2D eigenvalue weighted by atomic mass is 16.5. The number of amides is 1. The lowest BCUT2D eigenvalue weighted by atomic mass is 9.87. The quantitative estimate of drug-likeness (QED) is 0.751. The van der Waals surface area contributed by atoms with E-state index in [0.717, 1.165) is 24.8 Å². The number of alkyl carbamates (subject to hydrolysis) is 1. The van der Waals surface area contributed by atoms with Crippen LogP contribution in [0.25, 0.3) is 0 Å². The SMILES string of the molecule is CNC(=O)OCCCN1CCC(C(C)C)CC1. The van der Waals surface area contributed by atoms with E-state index in [1.54, 1.807) is 7.05 Å². The molecule has 0 atom stereocenters. The van der Waals surface area contributed by atoms with Crippen LogP contribution in [0.3, 0.4) is 0 Å². The van der Waals surface area contributed by atoms with Crippen LogP contribution in [0.15, 0.2) is 0 Å². The van der Waals surface area contributed by atoms with Gasteiger partial charge in [-0.05, 0) is 44.2 Å². The van der Waals surface area contributed by atoms with E-state index in [4.69, 9.17) is 4.74 Å². The summed E-state index contributed by atoms with van der Waals surface area (Å²) in [5.74, 6) is 1.71. The lowest BCUT2D eigenvalue weighted by molar-refractivity contribution is 0.125. The van der Waals surface area contributed by atoms with Crippen LogP contribution in [-0.4, -0.2) is 44.3 Å². The molecule has 0 aromatic carbocycles. The zero-order chi connectivity index (χ0) is 12.7.